The van der Waals surface area contributed by atoms with Crippen molar-refractivity contribution in [2.45, 2.75) is 4.90 Å². The maximum atomic E-state index is 11.0. The second kappa shape index (κ2) is 3.40. The molecule has 5 heteroatoms. The average molecular weight is 234 g/mol. The second-order valence-electron chi connectivity index (χ2n) is 2.60. The van der Waals surface area contributed by atoms with E-state index >= 15 is 0 Å². The van der Waals surface area contributed by atoms with Crippen LogP contribution >= 0.6 is 35.0 Å². The van der Waals surface area contributed by atoms with E-state index in [0.717, 1.165) is 4.90 Å². The molecule has 0 radical (unpaired) electrons. The van der Waals surface area contributed by atoms with Crippen LogP contribution in [-0.4, -0.2) is 11.7 Å². The van der Waals surface area contributed by atoms with E-state index in [1.54, 1.807) is 12.1 Å². The zero-order valence-corrected chi connectivity index (χ0v) is 8.76. The van der Waals surface area contributed by atoms with Crippen molar-refractivity contribution in [2.75, 3.05) is 11.1 Å². The summed E-state index contributed by atoms with van der Waals surface area (Å²) in [6.07, 6.45) is 0. The van der Waals surface area contributed by atoms with E-state index in [4.69, 9.17) is 23.2 Å². The van der Waals surface area contributed by atoms with Crippen molar-refractivity contribution in [1.82, 2.24) is 0 Å². The summed E-state index contributed by atoms with van der Waals surface area (Å²) in [5, 5.41) is 3.78. The number of hydrogen-bond donors (Lipinski definition) is 1. The van der Waals surface area contributed by atoms with E-state index < -0.39 is 0 Å². The highest BCUT2D eigenvalue weighted by Crippen LogP contribution is 2.38. The molecule has 0 saturated heterocycles. The van der Waals surface area contributed by atoms with Gasteiger partial charge in [-0.15, -0.1) is 11.8 Å². The van der Waals surface area contributed by atoms with Gasteiger partial charge in [-0.3, -0.25) is 4.79 Å². The fourth-order valence-electron chi connectivity index (χ4n) is 1.10. The summed E-state index contributed by atoms with van der Waals surface area (Å²) in [6.45, 7) is 0. The number of carbonyl (C=O) groups excluding carboxylic acids is 1. The van der Waals surface area contributed by atoms with Crippen LogP contribution in [0.4, 0.5) is 5.69 Å². The number of rotatable bonds is 0. The molecule has 68 valence electrons. The van der Waals surface area contributed by atoms with Crippen LogP contribution in [0.2, 0.25) is 10.0 Å². The molecular formula is C8H5Cl2NOS. The highest BCUT2D eigenvalue weighted by atomic mass is 35.5. The fourth-order valence-corrected chi connectivity index (χ4v) is 2.64. The first-order chi connectivity index (χ1) is 6.16. The summed E-state index contributed by atoms with van der Waals surface area (Å²) in [5.74, 6) is 0.394. The van der Waals surface area contributed by atoms with Crippen LogP contribution in [0.3, 0.4) is 0 Å². The van der Waals surface area contributed by atoms with Crippen molar-refractivity contribution in [2.24, 2.45) is 0 Å². The lowest BCUT2D eigenvalue weighted by Gasteiger charge is -2.17. The predicted molar refractivity (Wildman–Crippen MR) is 55.8 cm³/mol. The molecule has 0 fully saturated rings. The van der Waals surface area contributed by atoms with E-state index in [9.17, 15) is 4.79 Å². The van der Waals surface area contributed by atoms with Gasteiger partial charge in [0.15, 0.2) is 0 Å². The molecule has 1 heterocycles. The topological polar surface area (TPSA) is 29.1 Å². The molecule has 2 nitrogen and oxygen atoms in total. The Balaban J connectivity index is 2.53. The zero-order valence-electron chi connectivity index (χ0n) is 6.43. The highest BCUT2D eigenvalue weighted by Gasteiger charge is 2.18. The van der Waals surface area contributed by atoms with Gasteiger partial charge in [0, 0.05) is 9.92 Å². The smallest absolute Gasteiger partial charge is 0.234 e. The molecule has 0 atom stereocenters. The normalized spacial score (nSPS) is 15.1. The Morgan fingerprint density at radius 1 is 1.38 bits per heavy atom. The first-order valence-electron chi connectivity index (χ1n) is 3.58. The van der Waals surface area contributed by atoms with Gasteiger partial charge in [-0.2, -0.15) is 0 Å². The van der Waals surface area contributed by atoms with Gasteiger partial charge in [0.25, 0.3) is 0 Å². The number of benzene rings is 1. The highest BCUT2D eigenvalue weighted by molar-refractivity contribution is 8.00. The molecule has 1 aliphatic heterocycles. The third-order valence-corrected chi connectivity index (χ3v) is 3.20. The van der Waals surface area contributed by atoms with Crippen molar-refractivity contribution in [3.8, 4) is 0 Å². The molecular weight excluding hydrogens is 229 g/mol. The molecule has 13 heavy (non-hydrogen) atoms. The summed E-state index contributed by atoms with van der Waals surface area (Å²) < 4.78 is 0. The molecule has 1 aromatic rings. The second-order valence-corrected chi connectivity index (χ2v) is 4.46. The summed E-state index contributed by atoms with van der Waals surface area (Å²) >= 11 is 13.2. The van der Waals surface area contributed by atoms with Crippen molar-refractivity contribution in [1.29, 1.82) is 0 Å². The van der Waals surface area contributed by atoms with Gasteiger partial charge >= 0.3 is 0 Å². The third kappa shape index (κ3) is 1.77. The van der Waals surface area contributed by atoms with E-state index in [-0.39, 0.29) is 5.91 Å². The minimum atomic E-state index is -0.0262. The molecule has 0 unspecified atom stereocenters. The van der Waals surface area contributed by atoms with Crippen LogP contribution in [0, 0.1) is 0 Å². The van der Waals surface area contributed by atoms with Gasteiger partial charge in [0.05, 0.1) is 16.5 Å². The van der Waals surface area contributed by atoms with E-state index in [1.165, 1.54) is 11.8 Å². The number of fused-ring (bicyclic) bond motifs is 1. The number of halogens is 2. The van der Waals surface area contributed by atoms with Crippen LogP contribution in [-0.2, 0) is 4.79 Å². The van der Waals surface area contributed by atoms with Crippen LogP contribution in [0.5, 0.6) is 0 Å². The number of thioether (sulfide) groups is 1. The quantitative estimate of drug-likeness (QED) is 0.747. The summed E-state index contributed by atoms with van der Waals surface area (Å²) in [5.41, 5.74) is 0.673. The first kappa shape index (κ1) is 9.19. The van der Waals surface area contributed by atoms with E-state index in [2.05, 4.69) is 5.32 Å². The van der Waals surface area contributed by atoms with Crippen LogP contribution < -0.4 is 5.32 Å². The molecule has 0 saturated carbocycles. The molecule has 1 aromatic carbocycles. The van der Waals surface area contributed by atoms with Crippen molar-refractivity contribution in [3.63, 3.8) is 0 Å². The maximum Gasteiger partial charge on any atom is 0.234 e. The molecule has 1 amide bonds. The van der Waals surface area contributed by atoms with E-state index in [0.29, 0.717) is 21.5 Å². The lowest BCUT2D eigenvalue weighted by atomic mass is 10.3. The summed E-state index contributed by atoms with van der Waals surface area (Å²) in [6, 6.07) is 3.42. The van der Waals surface area contributed by atoms with Crippen molar-refractivity contribution in [3.05, 3.63) is 22.2 Å². The number of hydrogen-bond acceptors (Lipinski definition) is 2. The van der Waals surface area contributed by atoms with Crippen molar-refractivity contribution >= 4 is 46.6 Å². The Labute approximate surface area is 89.6 Å². The minimum Gasteiger partial charge on any atom is -0.323 e. The number of anilines is 1. The van der Waals surface area contributed by atoms with Gasteiger partial charge < -0.3 is 5.32 Å². The molecule has 0 bridgehead atoms. The Morgan fingerprint density at radius 2 is 2.15 bits per heavy atom. The number of carbonyl (C=O) groups is 1. The predicted octanol–water partition coefficient (Wildman–Crippen LogP) is 3.04. The van der Waals surface area contributed by atoms with Crippen LogP contribution in [0.1, 0.15) is 0 Å². The molecule has 0 aliphatic carbocycles. The van der Waals surface area contributed by atoms with Crippen molar-refractivity contribution < 1.29 is 4.79 Å². The van der Waals surface area contributed by atoms with Crippen LogP contribution in [0.25, 0.3) is 0 Å². The van der Waals surface area contributed by atoms with Gasteiger partial charge in [-0.05, 0) is 12.1 Å². The van der Waals surface area contributed by atoms with Gasteiger partial charge in [-0.25, -0.2) is 0 Å². The Hall–Kier alpha value is -0.380. The molecule has 0 aromatic heterocycles. The molecule has 0 spiro atoms. The average Bonchev–Trinajstić information content (AvgIpc) is 2.06. The summed E-state index contributed by atoms with van der Waals surface area (Å²) in [4.78, 5) is 12.0. The fraction of sp³-hybridized carbons (Fsp3) is 0.125. The molecule has 2 rings (SSSR count). The SMILES string of the molecule is O=C1CSc2cc(Cl)cc(Cl)c2N1. The first-order valence-corrected chi connectivity index (χ1v) is 5.32. The zero-order chi connectivity index (χ0) is 9.42. The molecule has 1 N–H and O–H groups in total. The minimum absolute atomic E-state index is 0.0262. The lowest BCUT2D eigenvalue weighted by molar-refractivity contribution is -0.113. The number of nitrogens with one attached hydrogen (secondary N) is 1. The lowest BCUT2D eigenvalue weighted by Crippen LogP contribution is -2.18. The van der Waals surface area contributed by atoms with Crippen LogP contribution in [0.15, 0.2) is 17.0 Å². The number of amides is 1. The van der Waals surface area contributed by atoms with Gasteiger partial charge in [0.2, 0.25) is 5.91 Å². The third-order valence-electron chi connectivity index (χ3n) is 1.64. The molecule has 1 aliphatic rings. The maximum absolute atomic E-state index is 11.0. The summed E-state index contributed by atoms with van der Waals surface area (Å²) in [7, 11) is 0. The Bertz CT molecular complexity index is 381. The largest absolute Gasteiger partial charge is 0.323 e. The van der Waals surface area contributed by atoms with Gasteiger partial charge in [-0.1, -0.05) is 23.2 Å². The van der Waals surface area contributed by atoms with E-state index in [1.807, 2.05) is 0 Å². The monoisotopic (exact) mass is 233 g/mol. The Morgan fingerprint density at radius 3 is 2.92 bits per heavy atom. The Kier molecular flexibility index (Phi) is 2.41. The van der Waals surface area contributed by atoms with Gasteiger partial charge in [0.1, 0.15) is 0 Å². The standard InChI is InChI=1S/C8H5Cl2NOS/c9-4-1-5(10)8-6(2-4)13-3-7(12)11-8/h1-2H,3H2,(H,11,12).